The summed E-state index contributed by atoms with van der Waals surface area (Å²) >= 11 is 0. The van der Waals surface area contributed by atoms with Crippen molar-refractivity contribution in [3.8, 4) is 0 Å². The summed E-state index contributed by atoms with van der Waals surface area (Å²) < 4.78 is 1.89. The van der Waals surface area contributed by atoms with Gasteiger partial charge in [-0.15, -0.1) is 0 Å². The molecule has 1 aromatic heterocycles. The molecule has 2 rings (SSSR count). The first-order chi connectivity index (χ1) is 10.7. The Kier molecular flexibility index (Phi) is 6.23. The molecule has 0 radical (unpaired) electrons. The van der Waals surface area contributed by atoms with E-state index in [4.69, 9.17) is 0 Å². The van der Waals surface area contributed by atoms with Crippen LogP contribution in [0.25, 0.3) is 6.08 Å². The average molecular weight is 298 g/mol. The van der Waals surface area contributed by atoms with Crippen LogP contribution in [0.3, 0.4) is 0 Å². The molecule has 0 aliphatic carbocycles. The molecule has 2 N–H and O–H groups in total. The third-order valence-electron chi connectivity index (χ3n) is 3.10. The molecular weight excluding hydrogens is 276 g/mol. The molecule has 5 nitrogen and oxygen atoms in total. The zero-order valence-electron chi connectivity index (χ0n) is 12.8. The van der Waals surface area contributed by atoms with Crippen LogP contribution in [0.4, 0.5) is 4.79 Å². The highest BCUT2D eigenvalue weighted by molar-refractivity contribution is 5.74. The molecule has 22 heavy (non-hydrogen) atoms. The Bertz CT molecular complexity index is 604. The summed E-state index contributed by atoms with van der Waals surface area (Å²) in [6, 6.07) is 9.85. The average Bonchev–Trinajstić information content (AvgIpc) is 2.95. The SMILES string of the molecule is Cc1cnn(CCCNC(=O)NC/C=C\c2ccccc2)c1. The Labute approximate surface area is 131 Å². The Balaban J connectivity index is 1.55. The van der Waals surface area contributed by atoms with Crippen LogP contribution in [0.1, 0.15) is 17.5 Å². The third-order valence-corrected chi connectivity index (χ3v) is 3.10. The predicted molar refractivity (Wildman–Crippen MR) is 88.5 cm³/mol. The minimum atomic E-state index is -0.144. The molecule has 0 aliphatic heterocycles. The van der Waals surface area contributed by atoms with Gasteiger partial charge in [-0.2, -0.15) is 5.10 Å². The fourth-order valence-electron chi connectivity index (χ4n) is 2.01. The first-order valence-corrected chi connectivity index (χ1v) is 7.46. The van der Waals surface area contributed by atoms with E-state index in [0.717, 1.165) is 24.1 Å². The lowest BCUT2D eigenvalue weighted by atomic mass is 10.2. The molecule has 0 bridgehead atoms. The summed E-state index contributed by atoms with van der Waals surface area (Å²) in [7, 11) is 0. The number of aromatic nitrogens is 2. The van der Waals surface area contributed by atoms with Crippen molar-refractivity contribution in [2.45, 2.75) is 19.9 Å². The minimum Gasteiger partial charge on any atom is -0.338 e. The molecule has 1 heterocycles. The van der Waals surface area contributed by atoms with Crippen molar-refractivity contribution in [2.24, 2.45) is 0 Å². The van der Waals surface area contributed by atoms with Gasteiger partial charge in [-0.3, -0.25) is 4.68 Å². The maximum Gasteiger partial charge on any atom is 0.315 e. The van der Waals surface area contributed by atoms with Crippen LogP contribution < -0.4 is 10.6 Å². The highest BCUT2D eigenvalue weighted by Crippen LogP contribution is 1.99. The summed E-state index contributed by atoms with van der Waals surface area (Å²) in [6.45, 7) is 3.96. The monoisotopic (exact) mass is 298 g/mol. The maximum absolute atomic E-state index is 11.6. The zero-order valence-corrected chi connectivity index (χ0v) is 12.8. The van der Waals surface area contributed by atoms with Gasteiger partial charge >= 0.3 is 6.03 Å². The highest BCUT2D eigenvalue weighted by Gasteiger charge is 1.98. The zero-order chi connectivity index (χ0) is 15.6. The van der Waals surface area contributed by atoms with Crippen LogP contribution >= 0.6 is 0 Å². The number of nitrogens with zero attached hydrogens (tertiary/aromatic N) is 2. The van der Waals surface area contributed by atoms with Crippen LogP contribution in [0.5, 0.6) is 0 Å². The number of hydrogen-bond acceptors (Lipinski definition) is 2. The Morgan fingerprint density at radius 1 is 1.27 bits per heavy atom. The van der Waals surface area contributed by atoms with Crippen molar-refractivity contribution < 1.29 is 4.79 Å². The quantitative estimate of drug-likeness (QED) is 0.772. The summed E-state index contributed by atoms with van der Waals surface area (Å²) in [5.74, 6) is 0. The Morgan fingerprint density at radius 2 is 2.09 bits per heavy atom. The molecule has 0 atom stereocenters. The molecule has 1 aromatic carbocycles. The summed E-state index contributed by atoms with van der Waals surface area (Å²) in [5.41, 5.74) is 2.27. The van der Waals surface area contributed by atoms with E-state index in [2.05, 4.69) is 15.7 Å². The van der Waals surface area contributed by atoms with Crippen molar-refractivity contribution in [3.05, 3.63) is 59.9 Å². The van der Waals surface area contributed by atoms with Crippen LogP contribution in [0, 0.1) is 6.92 Å². The molecule has 0 fully saturated rings. The van der Waals surface area contributed by atoms with Gasteiger partial charge in [0.15, 0.2) is 0 Å². The van der Waals surface area contributed by atoms with E-state index in [1.165, 1.54) is 0 Å². The maximum atomic E-state index is 11.6. The number of amides is 2. The fourth-order valence-corrected chi connectivity index (χ4v) is 2.01. The van der Waals surface area contributed by atoms with E-state index in [0.29, 0.717) is 13.1 Å². The van der Waals surface area contributed by atoms with Crippen LogP contribution in [-0.2, 0) is 6.54 Å². The number of urea groups is 1. The number of nitrogens with one attached hydrogen (secondary N) is 2. The van der Waals surface area contributed by atoms with Crippen molar-refractivity contribution in [3.63, 3.8) is 0 Å². The van der Waals surface area contributed by atoms with Gasteiger partial charge in [0.25, 0.3) is 0 Å². The second-order valence-electron chi connectivity index (χ2n) is 5.08. The molecule has 0 spiro atoms. The first-order valence-electron chi connectivity index (χ1n) is 7.46. The molecule has 0 saturated heterocycles. The predicted octanol–water partition coefficient (Wildman–Crippen LogP) is 2.59. The molecule has 116 valence electrons. The van der Waals surface area contributed by atoms with Gasteiger partial charge in [0.2, 0.25) is 0 Å². The van der Waals surface area contributed by atoms with E-state index in [1.54, 1.807) is 0 Å². The highest BCUT2D eigenvalue weighted by atomic mass is 16.2. The van der Waals surface area contributed by atoms with Crippen LogP contribution in [0.15, 0.2) is 48.8 Å². The summed E-state index contributed by atoms with van der Waals surface area (Å²) in [4.78, 5) is 11.6. The lowest BCUT2D eigenvalue weighted by molar-refractivity contribution is 0.241. The first kappa shape index (κ1) is 15.8. The van der Waals surface area contributed by atoms with E-state index < -0.39 is 0 Å². The van der Waals surface area contributed by atoms with Gasteiger partial charge in [-0.25, -0.2) is 4.79 Å². The second-order valence-corrected chi connectivity index (χ2v) is 5.08. The van der Waals surface area contributed by atoms with Gasteiger partial charge in [0.1, 0.15) is 0 Å². The molecule has 2 amide bonds. The van der Waals surface area contributed by atoms with Crippen LogP contribution in [-0.4, -0.2) is 28.9 Å². The van der Waals surface area contributed by atoms with Gasteiger partial charge in [0, 0.05) is 25.8 Å². The lowest BCUT2D eigenvalue weighted by Gasteiger charge is -2.06. The minimum absolute atomic E-state index is 0.144. The number of carbonyl (C=O) groups is 1. The van der Waals surface area contributed by atoms with Crippen molar-refractivity contribution in [1.29, 1.82) is 0 Å². The molecule has 0 aliphatic rings. The summed E-state index contributed by atoms with van der Waals surface area (Å²) in [5, 5.41) is 9.83. The second kappa shape index (κ2) is 8.67. The normalized spacial score (nSPS) is 10.8. The number of hydrogen-bond donors (Lipinski definition) is 2. The molecule has 0 unspecified atom stereocenters. The number of benzene rings is 1. The van der Waals surface area contributed by atoms with Gasteiger partial charge in [-0.1, -0.05) is 42.5 Å². The molecule has 5 heteroatoms. The molecule has 0 saturated carbocycles. The number of carbonyl (C=O) groups excluding carboxylic acids is 1. The Hall–Kier alpha value is -2.56. The number of rotatable bonds is 7. The standard InChI is InChI=1S/C17H22N4O/c1-15-13-20-21(14-15)12-6-11-19-17(22)18-10-5-9-16-7-3-2-4-8-16/h2-5,7-9,13-14H,6,10-12H2,1H3,(H2,18,19,22)/b9-5-. The van der Waals surface area contributed by atoms with E-state index in [-0.39, 0.29) is 6.03 Å². The lowest BCUT2D eigenvalue weighted by Crippen LogP contribution is -2.36. The summed E-state index contributed by atoms with van der Waals surface area (Å²) in [6.07, 6.45) is 8.60. The topological polar surface area (TPSA) is 59.0 Å². The Morgan fingerprint density at radius 3 is 2.82 bits per heavy atom. The van der Waals surface area contributed by atoms with E-state index >= 15 is 0 Å². The van der Waals surface area contributed by atoms with Gasteiger partial charge in [0.05, 0.1) is 6.20 Å². The van der Waals surface area contributed by atoms with Crippen molar-refractivity contribution in [2.75, 3.05) is 13.1 Å². The van der Waals surface area contributed by atoms with Crippen molar-refractivity contribution in [1.82, 2.24) is 20.4 Å². The largest absolute Gasteiger partial charge is 0.338 e. The van der Waals surface area contributed by atoms with E-state index in [9.17, 15) is 4.79 Å². The molecule has 2 aromatic rings. The smallest absolute Gasteiger partial charge is 0.315 e. The van der Waals surface area contributed by atoms with Gasteiger partial charge < -0.3 is 10.6 Å². The van der Waals surface area contributed by atoms with Crippen molar-refractivity contribution >= 4 is 12.1 Å². The van der Waals surface area contributed by atoms with Crippen LogP contribution in [0.2, 0.25) is 0 Å². The van der Waals surface area contributed by atoms with Gasteiger partial charge in [-0.05, 0) is 24.5 Å². The van der Waals surface area contributed by atoms with E-state index in [1.807, 2.05) is 66.5 Å². The molecular formula is C17H22N4O. The third kappa shape index (κ3) is 5.83. The fraction of sp³-hybridized carbons (Fsp3) is 0.294. The number of aryl methyl sites for hydroxylation is 2.